The number of fused-ring (bicyclic) bond motifs is 1. The van der Waals surface area contributed by atoms with Crippen molar-refractivity contribution in [3.8, 4) is 0 Å². The molecule has 2 N–H and O–H groups in total. The molecule has 3 aliphatic heterocycles. The third kappa shape index (κ3) is 4.26. The molecule has 35 heavy (non-hydrogen) atoms. The highest BCUT2D eigenvalue weighted by atomic mass is 35.5. The average molecular weight is 505 g/mol. The number of aliphatic hydroxyl groups excluding tert-OH is 1. The van der Waals surface area contributed by atoms with E-state index in [1.54, 1.807) is 21.9 Å². The number of aryl methyl sites for hydroxylation is 1. The molecule has 2 amide bonds. The van der Waals surface area contributed by atoms with E-state index in [0.717, 1.165) is 18.4 Å². The molecule has 8 nitrogen and oxygen atoms in total. The molecule has 3 heterocycles. The molecule has 0 unspecified atom stereocenters. The molecular formula is C26H33ClN2O6. The van der Waals surface area contributed by atoms with Gasteiger partial charge in [-0.2, -0.15) is 0 Å². The molecule has 3 saturated heterocycles. The van der Waals surface area contributed by atoms with Gasteiger partial charge in [0.05, 0.1) is 28.6 Å². The van der Waals surface area contributed by atoms with Gasteiger partial charge in [0, 0.05) is 19.7 Å². The Labute approximate surface area is 210 Å². The van der Waals surface area contributed by atoms with Crippen LogP contribution in [0.4, 0.5) is 5.69 Å². The zero-order chi connectivity index (χ0) is 25.3. The summed E-state index contributed by atoms with van der Waals surface area (Å²) in [4.78, 5) is 43.2. The summed E-state index contributed by atoms with van der Waals surface area (Å²) in [5.74, 6) is -3.56. The van der Waals surface area contributed by atoms with Gasteiger partial charge in [0.15, 0.2) is 0 Å². The van der Waals surface area contributed by atoms with Crippen LogP contribution < -0.4 is 4.90 Å². The smallest absolute Gasteiger partial charge is 0.310 e. The second-order valence-corrected chi connectivity index (χ2v) is 10.1. The van der Waals surface area contributed by atoms with Crippen molar-refractivity contribution in [2.24, 2.45) is 11.8 Å². The summed E-state index contributed by atoms with van der Waals surface area (Å²) in [6.07, 6.45) is 4.91. The zero-order valence-corrected chi connectivity index (χ0v) is 20.7. The Bertz CT molecular complexity index is 995. The predicted octanol–water partition coefficient (Wildman–Crippen LogP) is 3.18. The summed E-state index contributed by atoms with van der Waals surface area (Å²) in [7, 11) is 0. The van der Waals surface area contributed by atoms with Crippen molar-refractivity contribution < 1.29 is 29.3 Å². The lowest BCUT2D eigenvalue weighted by Crippen LogP contribution is -2.56. The monoisotopic (exact) mass is 504 g/mol. The number of rotatable bonds is 11. The molecule has 3 aliphatic rings. The number of aliphatic hydroxyl groups is 1. The fourth-order valence-corrected chi connectivity index (χ4v) is 6.56. The van der Waals surface area contributed by atoms with Gasteiger partial charge in [-0.05, 0) is 44.2 Å². The zero-order valence-electron chi connectivity index (χ0n) is 20.0. The largest absolute Gasteiger partial charge is 0.481 e. The number of benzene rings is 1. The molecule has 190 valence electrons. The number of para-hydroxylation sites is 1. The summed E-state index contributed by atoms with van der Waals surface area (Å²) < 4.78 is 6.28. The number of carboxylic acids is 1. The lowest BCUT2D eigenvalue weighted by Gasteiger charge is -2.37. The van der Waals surface area contributed by atoms with Crippen molar-refractivity contribution in [1.82, 2.24) is 4.90 Å². The van der Waals surface area contributed by atoms with E-state index in [0.29, 0.717) is 42.9 Å². The van der Waals surface area contributed by atoms with Crippen LogP contribution in [-0.4, -0.2) is 70.3 Å². The van der Waals surface area contributed by atoms with Gasteiger partial charge < -0.3 is 24.7 Å². The maximum atomic E-state index is 14.3. The Hall–Kier alpha value is -2.42. The van der Waals surface area contributed by atoms with Crippen molar-refractivity contribution >= 4 is 35.1 Å². The third-order valence-corrected chi connectivity index (χ3v) is 7.97. The summed E-state index contributed by atoms with van der Waals surface area (Å²) in [5.41, 5.74) is 0.194. The highest BCUT2D eigenvalue weighted by Crippen LogP contribution is 2.58. The number of hydrogen-bond acceptors (Lipinski definition) is 5. The minimum Gasteiger partial charge on any atom is -0.481 e. The SMILES string of the molecule is C=CCN(C(=O)[C@@H]1N(CCCCCCO)C(=O)[C@H]2[C@H](C(=O)O)[C@@H]3CC[C@]12O3)c1c(C)cccc1Cl. The van der Waals surface area contributed by atoms with Gasteiger partial charge in [-0.3, -0.25) is 14.4 Å². The van der Waals surface area contributed by atoms with E-state index in [1.807, 2.05) is 19.1 Å². The number of carboxylic acid groups (broad SMARTS) is 1. The number of aliphatic carboxylic acids is 1. The number of carbonyl (C=O) groups excluding carboxylic acids is 2. The van der Waals surface area contributed by atoms with Crippen molar-refractivity contribution in [2.75, 3.05) is 24.6 Å². The minimum absolute atomic E-state index is 0.109. The number of unbranched alkanes of at least 4 members (excludes halogenated alkanes) is 3. The highest BCUT2D eigenvalue weighted by molar-refractivity contribution is 6.34. The van der Waals surface area contributed by atoms with Crippen molar-refractivity contribution in [3.63, 3.8) is 0 Å². The van der Waals surface area contributed by atoms with Crippen molar-refractivity contribution in [2.45, 2.75) is 63.2 Å². The quantitative estimate of drug-likeness (QED) is 0.354. The molecule has 0 aromatic heterocycles. The number of amides is 2. The number of anilines is 1. The maximum Gasteiger partial charge on any atom is 0.310 e. The Morgan fingerprint density at radius 2 is 2.06 bits per heavy atom. The number of halogens is 1. The van der Waals surface area contributed by atoms with Crippen LogP contribution in [0.25, 0.3) is 0 Å². The summed E-state index contributed by atoms with van der Waals surface area (Å²) >= 11 is 6.52. The molecule has 1 aromatic rings. The van der Waals surface area contributed by atoms with Crippen LogP contribution in [-0.2, 0) is 19.1 Å². The van der Waals surface area contributed by atoms with Crippen molar-refractivity contribution in [1.29, 1.82) is 0 Å². The van der Waals surface area contributed by atoms with Crippen LogP contribution in [0.1, 0.15) is 44.1 Å². The molecule has 3 fully saturated rings. The Kier molecular flexibility index (Phi) is 7.54. The van der Waals surface area contributed by atoms with Gasteiger partial charge in [0.1, 0.15) is 11.6 Å². The molecule has 2 bridgehead atoms. The lowest BCUT2D eigenvalue weighted by atomic mass is 9.70. The third-order valence-electron chi connectivity index (χ3n) is 7.66. The van der Waals surface area contributed by atoms with Crippen LogP contribution in [0.5, 0.6) is 0 Å². The van der Waals surface area contributed by atoms with Crippen LogP contribution in [0.15, 0.2) is 30.9 Å². The average Bonchev–Trinajstić information content (AvgIpc) is 3.45. The summed E-state index contributed by atoms with van der Waals surface area (Å²) in [6.45, 7) is 6.29. The summed E-state index contributed by atoms with van der Waals surface area (Å²) in [6, 6.07) is 4.44. The van der Waals surface area contributed by atoms with Gasteiger partial charge in [0.2, 0.25) is 5.91 Å². The molecular weight excluding hydrogens is 472 g/mol. The molecule has 0 saturated carbocycles. The molecule has 1 aromatic carbocycles. The molecule has 5 atom stereocenters. The fourth-order valence-electron chi connectivity index (χ4n) is 6.24. The number of likely N-dealkylation sites (tertiary alicyclic amines) is 1. The molecule has 9 heteroatoms. The number of carbonyl (C=O) groups is 3. The maximum absolute atomic E-state index is 14.3. The number of nitrogens with zero attached hydrogens (tertiary/aromatic N) is 2. The lowest BCUT2D eigenvalue weighted by molar-refractivity contribution is -0.149. The van der Waals surface area contributed by atoms with Crippen LogP contribution in [0.2, 0.25) is 5.02 Å². The second kappa shape index (κ2) is 10.3. The van der Waals surface area contributed by atoms with E-state index in [9.17, 15) is 19.5 Å². The van der Waals surface area contributed by atoms with Gasteiger partial charge in [-0.1, -0.05) is 42.7 Å². The fraction of sp³-hybridized carbons (Fsp3) is 0.577. The van der Waals surface area contributed by atoms with E-state index in [1.165, 1.54) is 0 Å². The van der Waals surface area contributed by atoms with E-state index < -0.39 is 35.6 Å². The molecule has 1 spiro atoms. The number of hydrogen-bond donors (Lipinski definition) is 2. The second-order valence-electron chi connectivity index (χ2n) is 9.71. The molecule has 4 rings (SSSR count). The highest BCUT2D eigenvalue weighted by Gasteiger charge is 2.74. The van der Waals surface area contributed by atoms with E-state index in [-0.39, 0.29) is 25.0 Å². The van der Waals surface area contributed by atoms with E-state index >= 15 is 0 Å². The summed E-state index contributed by atoms with van der Waals surface area (Å²) in [5, 5.41) is 19.4. The van der Waals surface area contributed by atoms with Crippen LogP contribution >= 0.6 is 11.6 Å². The van der Waals surface area contributed by atoms with Gasteiger partial charge in [-0.25, -0.2) is 0 Å². The van der Waals surface area contributed by atoms with Crippen molar-refractivity contribution in [3.05, 3.63) is 41.4 Å². The first-order chi connectivity index (χ1) is 16.8. The Morgan fingerprint density at radius 1 is 1.31 bits per heavy atom. The Balaban J connectivity index is 1.73. The van der Waals surface area contributed by atoms with E-state index in [2.05, 4.69) is 6.58 Å². The topological polar surface area (TPSA) is 107 Å². The standard InChI is InChI=1S/C26H33ClN2O6/c1-3-13-28(21-16(2)9-8-10-17(21)27)24(32)22-26-12-11-18(35-26)19(25(33)34)20(26)23(31)29(22)14-6-4-5-7-15-30/h3,8-10,18-20,22,30H,1,4-7,11-15H2,2H3,(H,33,34)/t18-,19+,20+,22-,26+/m0/s1. The van der Waals surface area contributed by atoms with Gasteiger partial charge in [0.25, 0.3) is 5.91 Å². The molecule has 0 aliphatic carbocycles. The van der Waals surface area contributed by atoms with Gasteiger partial charge >= 0.3 is 5.97 Å². The number of ether oxygens (including phenoxy) is 1. The molecule has 0 radical (unpaired) electrons. The minimum atomic E-state index is -1.17. The first kappa shape index (κ1) is 25.7. The van der Waals surface area contributed by atoms with E-state index in [4.69, 9.17) is 21.4 Å². The van der Waals surface area contributed by atoms with Crippen LogP contribution in [0.3, 0.4) is 0 Å². The normalized spacial score (nSPS) is 28.9. The Morgan fingerprint density at radius 3 is 2.71 bits per heavy atom. The van der Waals surface area contributed by atoms with Crippen LogP contribution in [0, 0.1) is 18.8 Å². The van der Waals surface area contributed by atoms with Gasteiger partial charge in [-0.15, -0.1) is 6.58 Å². The first-order valence-corrected chi connectivity index (χ1v) is 12.7. The first-order valence-electron chi connectivity index (χ1n) is 12.3. The predicted molar refractivity (Wildman–Crippen MR) is 131 cm³/mol.